The van der Waals surface area contributed by atoms with E-state index in [1.54, 1.807) is 0 Å². The number of Topliss-reactive ketones (excluding diaryl/α,β-unsaturated/α-hetero) is 1. The van der Waals surface area contributed by atoms with Gasteiger partial charge in [0.2, 0.25) is 5.91 Å². The summed E-state index contributed by atoms with van der Waals surface area (Å²) < 4.78 is 0. The zero-order chi connectivity index (χ0) is 12.6. The lowest BCUT2D eigenvalue weighted by Crippen LogP contribution is -2.35. The molecule has 0 heterocycles. The molecule has 0 aromatic heterocycles. The minimum Gasteiger partial charge on any atom is -0.356 e. The van der Waals surface area contributed by atoms with Crippen LogP contribution in [-0.4, -0.2) is 18.2 Å². The van der Waals surface area contributed by atoms with E-state index in [9.17, 15) is 9.59 Å². The minimum atomic E-state index is -0.341. The van der Waals surface area contributed by atoms with Crippen LogP contribution in [0.15, 0.2) is 0 Å². The Bertz CT molecular complexity index is 229. The number of hydrogen-bond donors (Lipinski definition) is 1. The first-order valence-corrected chi connectivity index (χ1v) is 6.18. The number of hydrogen-bond acceptors (Lipinski definition) is 2. The quantitative estimate of drug-likeness (QED) is 0.680. The van der Waals surface area contributed by atoms with Crippen molar-refractivity contribution in [3.8, 4) is 0 Å². The van der Waals surface area contributed by atoms with Crippen LogP contribution in [0.25, 0.3) is 0 Å². The van der Waals surface area contributed by atoms with Crippen molar-refractivity contribution in [3.05, 3.63) is 0 Å². The van der Waals surface area contributed by atoms with E-state index >= 15 is 0 Å². The minimum absolute atomic E-state index is 0.0495. The number of ketones is 1. The fraction of sp³-hybridized carbons (Fsp3) is 0.846. The predicted molar refractivity (Wildman–Crippen MR) is 66.2 cm³/mol. The van der Waals surface area contributed by atoms with E-state index in [2.05, 4.69) is 12.2 Å². The highest BCUT2D eigenvalue weighted by atomic mass is 16.2. The molecule has 0 atom stereocenters. The molecule has 3 heteroatoms. The largest absolute Gasteiger partial charge is 0.356 e. The molecular weight excluding hydrogens is 202 g/mol. The Morgan fingerprint density at radius 1 is 1.06 bits per heavy atom. The molecule has 0 fully saturated rings. The highest BCUT2D eigenvalue weighted by Crippen LogP contribution is 2.12. The molecule has 1 N–H and O–H groups in total. The fourth-order valence-electron chi connectivity index (χ4n) is 1.25. The first-order valence-electron chi connectivity index (χ1n) is 6.18. The lowest BCUT2D eigenvalue weighted by Gasteiger charge is -2.17. The van der Waals surface area contributed by atoms with Crippen molar-refractivity contribution < 1.29 is 9.59 Å². The summed E-state index contributed by atoms with van der Waals surface area (Å²) in [6.45, 7) is 8.34. The van der Waals surface area contributed by atoms with E-state index in [0.29, 0.717) is 25.2 Å². The second-order valence-electron chi connectivity index (χ2n) is 5.25. The van der Waals surface area contributed by atoms with Crippen LogP contribution in [-0.2, 0) is 9.59 Å². The molecular formula is C13H25NO2. The summed E-state index contributed by atoms with van der Waals surface area (Å²) in [5, 5.41) is 2.84. The third kappa shape index (κ3) is 7.43. The number of amides is 1. The maximum absolute atomic E-state index is 11.5. The second kappa shape index (κ2) is 7.42. The van der Waals surface area contributed by atoms with Crippen LogP contribution in [0, 0.1) is 5.41 Å². The van der Waals surface area contributed by atoms with Crippen LogP contribution >= 0.6 is 0 Å². The Morgan fingerprint density at radius 3 is 2.12 bits per heavy atom. The lowest BCUT2D eigenvalue weighted by atomic mass is 9.95. The lowest BCUT2D eigenvalue weighted by molar-refractivity contribution is -0.128. The van der Waals surface area contributed by atoms with Gasteiger partial charge < -0.3 is 5.32 Å². The van der Waals surface area contributed by atoms with E-state index in [4.69, 9.17) is 0 Å². The van der Waals surface area contributed by atoms with E-state index in [-0.39, 0.29) is 11.3 Å². The first kappa shape index (κ1) is 15.1. The number of rotatable bonds is 7. The van der Waals surface area contributed by atoms with Crippen molar-refractivity contribution in [1.29, 1.82) is 0 Å². The summed E-state index contributed by atoms with van der Waals surface area (Å²) in [4.78, 5) is 22.8. The third-order valence-corrected chi connectivity index (χ3v) is 2.41. The van der Waals surface area contributed by atoms with Gasteiger partial charge in [-0.15, -0.1) is 0 Å². The predicted octanol–water partition coefficient (Wildman–Crippen LogP) is 2.69. The Hall–Kier alpha value is -0.860. The summed E-state index contributed by atoms with van der Waals surface area (Å²) in [6.07, 6.45) is 4.07. The van der Waals surface area contributed by atoms with Gasteiger partial charge in [0.05, 0.1) is 0 Å². The molecule has 0 aliphatic carbocycles. The summed E-state index contributed by atoms with van der Waals surface area (Å²) in [5.74, 6) is 0.361. The van der Waals surface area contributed by atoms with Gasteiger partial charge in [0.25, 0.3) is 0 Å². The van der Waals surface area contributed by atoms with Gasteiger partial charge in [-0.25, -0.2) is 0 Å². The summed E-state index contributed by atoms with van der Waals surface area (Å²) in [6, 6.07) is 0. The van der Waals surface area contributed by atoms with Crippen molar-refractivity contribution in [1.82, 2.24) is 5.32 Å². The van der Waals surface area contributed by atoms with Gasteiger partial charge >= 0.3 is 0 Å². The standard InChI is InChI=1S/C13H25NO2/c1-5-6-8-11(15)9-7-10-14-12(16)13(2,3)4/h5-10H2,1-4H3,(H,14,16). The zero-order valence-corrected chi connectivity index (χ0v) is 11.1. The molecule has 0 unspecified atom stereocenters. The molecule has 0 aliphatic rings. The highest BCUT2D eigenvalue weighted by Gasteiger charge is 2.20. The molecule has 3 nitrogen and oxygen atoms in total. The van der Waals surface area contributed by atoms with Crippen LogP contribution in [0.5, 0.6) is 0 Å². The molecule has 0 radical (unpaired) electrons. The Balaban J connectivity index is 3.54. The van der Waals surface area contributed by atoms with Crippen molar-refractivity contribution in [2.75, 3.05) is 6.54 Å². The Kier molecular flexibility index (Phi) is 7.02. The van der Waals surface area contributed by atoms with Crippen molar-refractivity contribution >= 4 is 11.7 Å². The van der Waals surface area contributed by atoms with Crippen molar-refractivity contribution in [3.63, 3.8) is 0 Å². The zero-order valence-electron chi connectivity index (χ0n) is 11.1. The molecule has 1 amide bonds. The van der Waals surface area contributed by atoms with Crippen LogP contribution in [0.1, 0.15) is 59.8 Å². The van der Waals surface area contributed by atoms with Crippen LogP contribution < -0.4 is 5.32 Å². The SMILES string of the molecule is CCCCC(=O)CCCNC(=O)C(C)(C)C. The Morgan fingerprint density at radius 2 is 1.62 bits per heavy atom. The first-order chi connectivity index (χ1) is 7.38. The van der Waals surface area contributed by atoms with E-state index in [1.807, 2.05) is 20.8 Å². The van der Waals surface area contributed by atoms with Gasteiger partial charge in [-0.05, 0) is 12.8 Å². The molecule has 0 aromatic rings. The molecule has 0 rings (SSSR count). The van der Waals surface area contributed by atoms with Crippen LogP contribution in [0.2, 0.25) is 0 Å². The van der Waals surface area contributed by atoms with E-state index < -0.39 is 0 Å². The van der Waals surface area contributed by atoms with Crippen molar-refractivity contribution in [2.45, 2.75) is 59.8 Å². The third-order valence-electron chi connectivity index (χ3n) is 2.41. The normalized spacial score (nSPS) is 11.2. The molecule has 0 saturated heterocycles. The average Bonchev–Trinajstić information content (AvgIpc) is 2.19. The van der Waals surface area contributed by atoms with Gasteiger partial charge in [-0.1, -0.05) is 34.1 Å². The fourth-order valence-corrected chi connectivity index (χ4v) is 1.25. The monoisotopic (exact) mass is 227 g/mol. The maximum atomic E-state index is 11.5. The van der Waals surface area contributed by atoms with Gasteiger partial charge in [-0.3, -0.25) is 9.59 Å². The number of nitrogens with one attached hydrogen (secondary N) is 1. The van der Waals surface area contributed by atoms with Gasteiger partial charge in [-0.2, -0.15) is 0 Å². The molecule has 0 aromatic carbocycles. The molecule has 0 aliphatic heterocycles. The summed E-state index contributed by atoms with van der Waals surface area (Å²) in [5.41, 5.74) is -0.341. The van der Waals surface area contributed by atoms with Gasteiger partial charge in [0.15, 0.2) is 0 Å². The summed E-state index contributed by atoms with van der Waals surface area (Å²) >= 11 is 0. The van der Waals surface area contributed by atoms with E-state index in [0.717, 1.165) is 19.3 Å². The number of carbonyl (C=O) groups excluding carboxylic acids is 2. The Labute approximate surface area is 99.0 Å². The van der Waals surface area contributed by atoms with E-state index in [1.165, 1.54) is 0 Å². The second-order valence-corrected chi connectivity index (χ2v) is 5.25. The molecule has 0 bridgehead atoms. The average molecular weight is 227 g/mol. The molecule has 16 heavy (non-hydrogen) atoms. The van der Waals surface area contributed by atoms with Gasteiger partial charge in [0, 0.05) is 24.8 Å². The molecule has 0 saturated carbocycles. The molecule has 0 spiro atoms. The number of carbonyl (C=O) groups is 2. The topological polar surface area (TPSA) is 46.2 Å². The maximum Gasteiger partial charge on any atom is 0.225 e. The van der Waals surface area contributed by atoms with Crippen LogP contribution in [0.3, 0.4) is 0 Å². The smallest absolute Gasteiger partial charge is 0.225 e. The molecule has 94 valence electrons. The van der Waals surface area contributed by atoms with Gasteiger partial charge in [0.1, 0.15) is 5.78 Å². The number of unbranched alkanes of at least 4 members (excludes halogenated alkanes) is 1. The van der Waals surface area contributed by atoms with Crippen molar-refractivity contribution in [2.24, 2.45) is 5.41 Å². The summed E-state index contributed by atoms with van der Waals surface area (Å²) in [7, 11) is 0. The highest BCUT2D eigenvalue weighted by molar-refractivity contribution is 5.81. The van der Waals surface area contributed by atoms with Crippen LogP contribution in [0.4, 0.5) is 0 Å².